The smallest absolute Gasteiger partial charge is 0.251 e. The summed E-state index contributed by atoms with van der Waals surface area (Å²) in [7, 11) is 3.34. The molecule has 0 aliphatic heterocycles. The van der Waals surface area contributed by atoms with Gasteiger partial charge in [-0.1, -0.05) is 30.3 Å². The molecule has 0 spiro atoms. The summed E-state index contributed by atoms with van der Waals surface area (Å²) < 4.78 is 5.90. The van der Waals surface area contributed by atoms with Crippen LogP contribution in [0.4, 0.5) is 0 Å². The Labute approximate surface area is 186 Å². The molecule has 160 valence electrons. The Morgan fingerprint density at radius 2 is 1.90 bits per heavy atom. The quantitative estimate of drug-likeness (QED) is 0.542. The molecule has 31 heavy (non-hydrogen) atoms. The van der Waals surface area contributed by atoms with E-state index in [0.29, 0.717) is 24.5 Å². The fourth-order valence-electron chi connectivity index (χ4n) is 2.92. The molecule has 0 unspecified atom stereocenters. The van der Waals surface area contributed by atoms with E-state index in [9.17, 15) is 9.59 Å². The van der Waals surface area contributed by atoms with Crippen molar-refractivity contribution >= 4 is 29.2 Å². The SMILES string of the molecule is CNC(=O)c1ccc(CN(C)C(=O)/C=C/c2ccccc2OCc2csc(C)n2)cc1. The Morgan fingerprint density at radius 3 is 2.58 bits per heavy atom. The average molecular weight is 436 g/mol. The molecule has 1 N–H and O–H groups in total. The lowest BCUT2D eigenvalue weighted by Crippen LogP contribution is -2.24. The zero-order chi connectivity index (χ0) is 22.2. The first-order valence-corrected chi connectivity index (χ1v) is 10.7. The van der Waals surface area contributed by atoms with E-state index in [1.165, 1.54) is 6.08 Å². The molecule has 0 bridgehead atoms. The van der Waals surface area contributed by atoms with Crippen LogP contribution < -0.4 is 10.1 Å². The van der Waals surface area contributed by atoms with Gasteiger partial charge in [0.1, 0.15) is 12.4 Å². The highest BCUT2D eigenvalue weighted by atomic mass is 32.1. The summed E-state index contributed by atoms with van der Waals surface area (Å²) in [5.41, 5.74) is 3.24. The highest BCUT2D eigenvalue weighted by Crippen LogP contribution is 2.21. The molecule has 1 heterocycles. The number of hydrogen-bond acceptors (Lipinski definition) is 5. The third kappa shape index (κ3) is 6.26. The largest absolute Gasteiger partial charge is 0.487 e. The molecule has 3 aromatic rings. The van der Waals surface area contributed by atoms with E-state index in [0.717, 1.165) is 21.8 Å². The maximum Gasteiger partial charge on any atom is 0.251 e. The van der Waals surface area contributed by atoms with Crippen molar-refractivity contribution in [2.24, 2.45) is 0 Å². The fraction of sp³-hybridized carbons (Fsp3) is 0.208. The lowest BCUT2D eigenvalue weighted by molar-refractivity contribution is -0.125. The number of rotatable bonds is 8. The summed E-state index contributed by atoms with van der Waals surface area (Å²) in [6, 6.07) is 14.8. The van der Waals surface area contributed by atoms with Gasteiger partial charge in [0.2, 0.25) is 5.91 Å². The summed E-state index contributed by atoms with van der Waals surface area (Å²) >= 11 is 1.59. The van der Waals surface area contributed by atoms with Crippen molar-refractivity contribution in [3.05, 3.63) is 87.4 Å². The molecule has 2 aromatic carbocycles. The molecule has 0 radical (unpaired) electrons. The van der Waals surface area contributed by atoms with Gasteiger partial charge in [0.15, 0.2) is 0 Å². The molecule has 0 aliphatic rings. The van der Waals surface area contributed by atoms with Gasteiger partial charge < -0.3 is 15.0 Å². The zero-order valence-corrected chi connectivity index (χ0v) is 18.6. The number of aromatic nitrogens is 1. The first-order chi connectivity index (χ1) is 15.0. The van der Waals surface area contributed by atoms with Gasteiger partial charge in [0.25, 0.3) is 5.91 Å². The van der Waals surface area contributed by atoms with Crippen molar-refractivity contribution in [3.63, 3.8) is 0 Å². The van der Waals surface area contributed by atoms with E-state index in [-0.39, 0.29) is 11.8 Å². The van der Waals surface area contributed by atoms with Crippen LogP contribution in [0.3, 0.4) is 0 Å². The van der Waals surface area contributed by atoms with Gasteiger partial charge >= 0.3 is 0 Å². The minimum Gasteiger partial charge on any atom is -0.487 e. The molecule has 7 heteroatoms. The van der Waals surface area contributed by atoms with E-state index >= 15 is 0 Å². The predicted octanol–water partition coefficient (Wildman–Crippen LogP) is 4.06. The molecular formula is C24H25N3O3S. The van der Waals surface area contributed by atoms with Gasteiger partial charge in [-0.3, -0.25) is 9.59 Å². The number of aryl methyl sites for hydroxylation is 1. The number of likely N-dealkylation sites (N-methyl/N-ethyl adjacent to an activating group) is 1. The van der Waals surface area contributed by atoms with Crippen LogP contribution >= 0.6 is 11.3 Å². The summed E-state index contributed by atoms with van der Waals surface area (Å²) in [5.74, 6) is 0.440. The van der Waals surface area contributed by atoms with Crippen molar-refractivity contribution in [1.82, 2.24) is 15.2 Å². The number of nitrogens with one attached hydrogen (secondary N) is 1. The van der Waals surface area contributed by atoms with E-state index in [2.05, 4.69) is 10.3 Å². The average Bonchev–Trinajstić information content (AvgIpc) is 3.21. The van der Waals surface area contributed by atoms with E-state index < -0.39 is 0 Å². The van der Waals surface area contributed by atoms with E-state index in [4.69, 9.17) is 4.74 Å². The zero-order valence-electron chi connectivity index (χ0n) is 17.8. The standard InChI is InChI=1S/C24H25N3O3S/c1-17-26-21(16-31-17)15-30-22-7-5-4-6-19(22)12-13-23(28)27(3)14-18-8-10-20(11-9-18)24(29)25-2/h4-13,16H,14-15H2,1-3H3,(H,25,29)/b13-12+. The number of thiazole rings is 1. The van der Waals surface area contributed by atoms with Crippen molar-refractivity contribution in [3.8, 4) is 5.75 Å². The Morgan fingerprint density at radius 1 is 1.16 bits per heavy atom. The van der Waals surface area contributed by atoms with Crippen LogP contribution in [0.2, 0.25) is 0 Å². The van der Waals surface area contributed by atoms with E-state index in [1.54, 1.807) is 48.5 Å². The Hall–Kier alpha value is -3.45. The van der Waals surface area contributed by atoms with Crippen LogP contribution in [-0.2, 0) is 17.9 Å². The molecule has 2 amide bonds. The Kier molecular flexibility index (Phi) is 7.56. The summed E-state index contributed by atoms with van der Waals surface area (Å²) in [6.07, 6.45) is 3.29. The Balaban J connectivity index is 1.60. The minimum absolute atomic E-state index is 0.125. The second kappa shape index (κ2) is 10.5. The monoisotopic (exact) mass is 435 g/mol. The van der Waals surface area contributed by atoms with Gasteiger partial charge in [0.05, 0.1) is 10.7 Å². The third-order valence-electron chi connectivity index (χ3n) is 4.61. The summed E-state index contributed by atoms with van der Waals surface area (Å²) in [4.78, 5) is 30.2. The van der Waals surface area contributed by atoms with Crippen LogP contribution in [-0.4, -0.2) is 35.8 Å². The van der Waals surface area contributed by atoms with Gasteiger partial charge in [-0.05, 0) is 36.8 Å². The molecule has 0 saturated heterocycles. The molecule has 3 rings (SSSR count). The molecule has 6 nitrogen and oxygen atoms in total. The van der Waals surface area contributed by atoms with Gasteiger partial charge in [0, 0.05) is 43.2 Å². The van der Waals surface area contributed by atoms with Crippen molar-refractivity contribution in [2.75, 3.05) is 14.1 Å². The molecule has 0 fully saturated rings. The van der Waals surface area contributed by atoms with Crippen LogP contribution in [0.15, 0.2) is 60.0 Å². The molecule has 1 aromatic heterocycles. The van der Waals surface area contributed by atoms with Gasteiger partial charge in [-0.15, -0.1) is 11.3 Å². The highest BCUT2D eigenvalue weighted by molar-refractivity contribution is 7.09. The number of amides is 2. The molecule has 0 saturated carbocycles. The normalized spacial score (nSPS) is 10.8. The predicted molar refractivity (Wildman–Crippen MR) is 123 cm³/mol. The first kappa shape index (κ1) is 22.2. The van der Waals surface area contributed by atoms with Gasteiger partial charge in [-0.2, -0.15) is 0 Å². The Bertz CT molecular complexity index is 1070. The highest BCUT2D eigenvalue weighted by Gasteiger charge is 2.09. The lowest BCUT2D eigenvalue weighted by atomic mass is 10.1. The topological polar surface area (TPSA) is 71.5 Å². The number of nitrogens with zero attached hydrogens (tertiary/aromatic N) is 2. The lowest BCUT2D eigenvalue weighted by Gasteiger charge is -2.15. The van der Waals surface area contributed by atoms with Crippen molar-refractivity contribution in [2.45, 2.75) is 20.1 Å². The minimum atomic E-state index is -0.135. The number of hydrogen-bond donors (Lipinski definition) is 1. The van der Waals surface area contributed by atoms with Gasteiger partial charge in [-0.25, -0.2) is 4.98 Å². The van der Waals surface area contributed by atoms with E-state index in [1.807, 2.05) is 48.7 Å². The molecule has 0 aliphatic carbocycles. The number of carbonyl (C=O) groups excluding carboxylic acids is 2. The first-order valence-electron chi connectivity index (χ1n) is 9.83. The maximum absolute atomic E-state index is 12.6. The van der Waals surface area contributed by atoms with Crippen LogP contribution in [0.25, 0.3) is 6.08 Å². The summed E-state index contributed by atoms with van der Waals surface area (Å²) in [6.45, 7) is 2.79. The molecule has 0 atom stereocenters. The third-order valence-corrected chi connectivity index (χ3v) is 5.43. The van der Waals surface area contributed by atoms with Crippen molar-refractivity contribution < 1.29 is 14.3 Å². The summed E-state index contributed by atoms with van der Waals surface area (Å²) in [5, 5.41) is 5.57. The van der Waals surface area contributed by atoms with Crippen LogP contribution in [0.5, 0.6) is 5.75 Å². The second-order valence-corrected chi connectivity index (χ2v) is 8.05. The maximum atomic E-state index is 12.6. The van der Waals surface area contributed by atoms with Crippen LogP contribution in [0, 0.1) is 6.92 Å². The van der Waals surface area contributed by atoms with Crippen molar-refractivity contribution in [1.29, 1.82) is 0 Å². The second-order valence-electron chi connectivity index (χ2n) is 6.99. The van der Waals surface area contributed by atoms with Crippen LogP contribution in [0.1, 0.15) is 32.2 Å². The number of para-hydroxylation sites is 1. The number of carbonyl (C=O) groups is 2. The fourth-order valence-corrected chi connectivity index (χ4v) is 3.52. The molecular weight excluding hydrogens is 410 g/mol. The number of benzene rings is 2. The number of ether oxygens (including phenoxy) is 1.